The molecule has 1 heterocycles. The summed E-state index contributed by atoms with van der Waals surface area (Å²) in [5.74, 6) is -3.63. The van der Waals surface area contributed by atoms with Crippen LogP contribution in [-0.2, 0) is 10.3 Å². The minimum Gasteiger partial charge on any atom is -0.479 e. The third-order valence-corrected chi connectivity index (χ3v) is 5.48. The van der Waals surface area contributed by atoms with E-state index in [0.717, 1.165) is 6.07 Å². The van der Waals surface area contributed by atoms with Gasteiger partial charge in [0.1, 0.15) is 11.6 Å². The molecule has 4 nitrogen and oxygen atoms in total. The van der Waals surface area contributed by atoms with Crippen LogP contribution in [-0.4, -0.2) is 16.9 Å². The molecule has 0 bridgehead atoms. The Balaban J connectivity index is 1.82. The fourth-order valence-corrected chi connectivity index (χ4v) is 3.87. The fourth-order valence-electron chi connectivity index (χ4n) is 3.87. The van der Waals surface area contributed by atoms with E-state index in [-0.39, 0.29) is 17.1 Å². The highest BCUT2D eigenvalue weighted by molar-refractivity contribution is 6.09. The van der Waals surface area contributed by atoms with Crippen LogP contribution in [0.15, 0.2) is 66.7 Å². The molecule has 2 unspecified atom stereocenters. The Kier molecular flexibility index (Phi) is 4.42. The molecule has 0 fully saturated rings. The van der Waals surface area contributed by atoms with Crippen molar-refractivity contribution in [1.82, 2.24) is 0 Å². The van der Waals surface area contributed by atoms with E-state index in [1.54, 1.807) is 42.5 Å². The summed E-state index contributed by atoms with van der Waals surface area (Å²) in [6.45, 7) is 1.50. The first-order valence-corrected chi connectivity index (χ1v) is 9.05. The lowest BCUT2D eigenvalue weighted by molar-refractivity contribution is -0.144. The Morgan fingerprint density at radius 1 is 1.00 bits per heavy atom. The van der Waals surface area contributed by atoms with Crippen LogP contribution in [0.1, 0.15) is 22.8 Å². The van der Waals surface area contributed by atoms with Crippen LogP contribution in [0.3, 0.4) is 0 Å². The van der Waals surface area contributed by atoms with Gasteiger partial charge in [0.2, 0.25) is 0 Å². The van der Waals surface area contributed by atoms with Crippen LogP contribution in [0.2, 0.25) is 0 Å². The van der Waals surface area contributed by atoms with E-state index in [9.17, 15) is 23.5 Å². The van der Waals surface area contributed by atoms with Crippen molar-refractivity contribution in [3.63, 3.8) is 0 Å². The fraction of sp³-hybridized carbons (Fsp3) is 0.130. The smallest absolute Gasteiger partial charge is 0.334 e. The molecule has 6 heteroatoms. The van der Waals surface area contributed by atoms with Gasteiger partial charge < -0.3 is 10.4 Å². The second-order valence-corrected chi connectivity index (χ2v) is 7.07. The maximum absolute atomic E-state index is 14.1. The zero-order valence-electron chi connectivity index (χ0n) is 15.4. The zero-order valence-corrected chi connectivity index (χ0v) is 15.4. The van der Waals surface area contributed by atoms with Crippen molar-refractivity contribution in [2.75, 3.05) is 5.32 Å². The first-order valence-electron chi connectivity index (χ1n) is 9.05. The third kappa shape index (κ3) is 2.88. The van der Waals surface area contributed by atoms with Gasteiger partial charge in [0.25, 0.3) is 0 Å². The van der Waals surface area contributed by atoms with Gasteiger partial charge in [0.15, 0.2) is 11.3 Å². The van der Waals surface area contributed by atoms with E-state index in [4.69, 9.17) is 0 Å². The number of benzene rings is 3. The maximum Gasteiger partial charge on any atom is 0.334 e. The summed E-state index contributed by atoms with van der Waals surface area (Å²) in [7, 11) is 0. The number of Topliss-reactive ketones (excluding diaryl/α,β-unsaturated/α-hetero) is 1. The van der Waals surface area contributed by atoms with Gasteiger partial charge >= 0.3 is 5.97 Å². The Labute approximate surface area is 165 Å². The van der Waals surface area contributed by atoms with Crippen molar-refractivity contribution in [1.29, 1.82) is 0 Å². The Bertz CT molecular complexity index is 1130. The molecule has 0 aromatic heterocycles. The van der Waals surface area contributed by atoms with Crippen molar-refractivity contribution < 1.29 is 23.5 Å². The summed E-state index contributed by atoms with van der Waals surface area (Å²) < 4.78 is 27.6. The molecule has 3 aromatic rings. The molecule has 2 N–H and O–H groups in total. The molecule has 29 heavy (non-hydrogen) atoms. The number of anilines is 1. The molecule has 3 aromatic carbocycles. The Morgan fingerprint density at radius 3 is 2.34 bits per heavy atom. The molecule has 1 aliphatic rings. The van der Waals surface area contributed by atoms with Gasteiger partial charge in [-0.15, -0.1) is 0 Å². The molecule has 1 aliphatic heterocycles. The molecule has 0 saturated heterocycles. The van der Waals surface area contributed by atoms with Crippen LogP contribution in [0.5, 0.6) is 0 Å². The predicted molar refractivity (Wildman–Crippen MR) is 105 cm³/mol. The normalized spacial score (nSPS) is 20.7. The summed E-state index contributed by atoms with van der Waals surface area (Å²) >= 11 is 0. The minimum atomic E-state index is -1.73. The summed E-state index contributed by atoms with van der Waals surface area (Å²) in [6.07, 6.45) is 0. The number of ketones is 1. The minimum absolute atomic E-state index is 0.123. The van der Waals surface area contributed by atoms with E-state index in [2.05, 4.69) is 5.32 Å². The van der Waals surface area contributed by atoms with Gasteiger partial charge in [-0.25, -0.2) is 13.6 Å². The van der Waals surface area contributed by atoms with Crippen molar-refractivity contribution in [3.8, 4) is 11.1 Å². The molecule has 0 aliphatic carbocycles. The molecule has 4 rings (SSSR count). The number of nitrogens with one attached hydrogen (secondary N) is 1. The molecule has 0 amide bonds. The number of carboxylic acids is 1. The first-order chi connectivity index (χ1) is 13.8. The lowest BCUT2D eigenvalue weighted by Gasteiger charge is -2.40. The van der Waals surface area contributed by atoms with E-state index < -0.39 is 29.0 Å². The zero-order chi connectivity index (χ0) is 20.8. The van der Waals surface area contributed by atoms with Gasteiger partial charge in [-0.2, -0.15) is 0 Å². The number of carbonyl (C=O) groups is 2. The number of hydrogen-bond acceptors (Lipinski definition) is 3. The number of carboxylic acid groups (broad SMARTS) is 1. The number of halogens is 2. The molecule has 0 radical (unpaired) electrons. The molecule has 0 saturated carbocycles. The number of hydrogen-bond donors (Lipinski definition) is 2. The quantitative estimate of drug-likeness (QED) is 0.667. The maximum atomic E-state index is 14.1. The average Bonchev–Trinajstić information content (AvgIpc) is 2.71. The summed E-state index contributed by atoms with van der Waals surface area (Å²) in [6, 6.07) is 16.3. The molecule has 0 spiro atoms. The monoisotopic (exact) mass is 393 g/mol. The number of fused-ring (bicyclic) bond motifs is 1. The number of rotatable bonds is 3. The van der Waals surface area contributed by atoms with Crippen molar-refractivity contribution >= 4 is 17.4 Å². The van der Waals surface area contributed by atoms with Gasteiger partial charge in [-0.1, -0.05) is 49.4 Å². The van der Waals surface area contributed by atoms with Gasteiger partial charge in [-0.05, 0) is 35.4 Å². The Hall–Kier alpha value is -3.54. The molecular weight excluding hydrogens is 376 g/mol. The standard InChI is InChI=1S/C23H17F2NO3/c1-13-21(27)18-12-16(24)10-11-20(18)26-23(13,22(28)29)15-8-6-14(7-9-15)17-4-2-3-5-19(17)25/h2-13,26H,1H3,(H,28,29). The van der Waals surface area contributed by atoms with Crippen molar-refractivity contribution in [2.24, 2.45) is 5.92 Å². The van der Waals surface area contributed by atoms with E-state index in [1.807, 2.05) is 0 Å². The SMILES string of the molecule is CC1C(=O)c2cc(F)ccc2NC1(C(=O)O)c1ccc(-c2ccccc2F)cc1. The van der Waals surface area contributed by atoms with Crippen molar-refractivity contribution in [3.05, 3.63) is 89.5 Å². The van der Waals surface area contributed by atoms with Gasteiger partial charge in [0, 0.05) is 16.8 Å². The lowest BCUT2D eigenvalue weighted by Crippen LogP contribution is -2.54. The average molecular weight is 393 g/mol. The highest BCUT2D eigenvalue weighted by Gasteiger charge is 2.52. The van der Waals surface area contributed by atoms with Crippen molar-refractivity contribution in [2.45, 2.75) is 12.5 Å². The third-order valence-electron chi connectivity index (χ3n) is 5.48. The lowest BCUT2D eigenvalue weighted by atomic mass is 9.72. The number of aliphatic carboxylic acids is 1. The van der Waals surface area contributed by atoms with Crippen LogP contribution in [0.4, 0.5) is 14.5 Å². The van der Waals surface area contributed by atoms with Crippen LogP contribution in [0, 0.1) is 17.6 Å². The molecular formula is C23H17F2NO3. The second-order valence-electron chi connectivity index (χ2n) is 7.07. The predicted octanol–water partition coefficient (Wildman–Crippen LogP) is 4.86. The largest absolute Gasteiger partial charge is 0.479 e. The first kappa shape index (κ1) is 18.8. The Morgan fingerprint density at radius 2 is 1.69 bits per heavy atom. The van der Waals surface area contributed by atoms with Gasteiger partial charge in [-0.3, -0.25) is 4.79 Å². The molecule has 146 valence electrons. The molecule has 2 atom stereocenters. The highest BCUT2D eigenvalue weighted by atomic mass is 19.1. The van der Waals surface area contributed by atoms with Crippen LogP contribution < -0.4 is 5.32 Å². The van der Waals surface area contributed by atoms with Crippen LogP contribution in [0.25, 0.3) is 11.1 Å². The number of carbonyl (C=O) groups excluding carboxylic acids is 1. The second kappa shape index (κ2) is 6.81. The van der Waals surface area contributed by atoms with Crippen LogP contribution >= 0.6 is 0 Å². The van der Waals surface area contributed by atoms with Gasteiger partial charge in [0.05, 0.1) is 5.92 Å². The summed E-state index contributed by atoms with van der Waals surface area (Å²) in [5.41, 5.74) is -0.0154. The summed E-state index contributed by atoms with van der Waals surface area (Å²) in [5, 5.41) is 13.0. The summed E-state index contributed by atoms with van der Waals surface area (Å²) in [4.78, 5) is 25.2. The highest BCUT2D eigenvalue weighted by Crippen LogP contribution is 2.42. The van der Waals surface area contributed by atoms with E-state index in [0.29, 0.717) is 16.7 Å². The van der Waals surface area contributed by atoms with E-state index >= 15 is 0 Å². The van der Waals surface area contributed by atoms with E-state index in [1.165, 1.54) is 25.1 Å². The topological polar surface area (TPSA) is 66.4 Å².